The third-order valence-electron chi connectivity index (χ3n) is 1.70. The summed E-state index contributed by atoms with van der Waals surface area (Å²) in [7, 11) is 0. The molecule has 0 fully saturated rings. The number of carbonyl (C=O) groups is 1. The molecule has 2 heterocycles. The fraction of sp³-hybridized carbons (Fsp3) is 0.111. The predicted molar refractivity (Wildman–Crippen MR) is 57.3 cm³/mol. The van der Waals surface area contributed by atoms with E-state index in [2.05, 4.69) is 4.98 Å². The smallest absolute Gasteiger partial charge is 0.372 e. The van der Waals surface area contributed by atoms with Gasteiger partial charge in [0.1, 0.15) is 4.34 Å². The van der Waals surface area contributed by atoms with Gasteiger partial charge in [-0.3, -0.25) is 0 Å². The van der Waals surface area contributed by atoms with E-state index in [1.165, 1.54) is 29.4 Å². The molecule has 0 aliphatic carbocycles. The van der Waals surface area contributed by atoms with Crippen molar-refractivity contribution in [3.8, 4) is 0 Å². The van der Waals surface area contributed by atoms with E-state index < -0.39 is 5.97 Å². The maximum absolute atomic E-state index is 10.7. The Bertz CT molecular complexity index is 450. The molecule has 0 bridgehead atoms. The number of hydrogen-bond donors (Lipinski definition) is 1. The molecule has 0 aliphatic rings. The average molecular weight is 241 g/mol. The van der Waals surface area contributed by atoms with E-state index in [0.29, 0.717) is 11.3 Å². The van der Waals surface area contributed by atoms with Crippen molar-refractivity contribution >= 4 is 29.1 Å². The van der Waals surface area contributed by atoms with E-state index in [9.17, 15) is 4.79 Å². The first kappa shape index (κ1) is 10.3. The van der Waals surface area contributed by atoms with E-state index >= 15 is 0 Å². The first-order valence-electron chi connectivity index (χ1n) is 4.09. The van der Waals surface area contributed by atoms with Crippen molar-refractivity contribution in [1.82, 2.24) is 4.98 Å². The van der Waals surface area contributed by atoms with Gasteiger partial charge in [-0.25, -0.2) is 9.78 Å². The second-order valence-corrected chi connectivity index (χ2v) is 4.78. The molecule has 2 rings (SSSR count). The molecule has 0 unspecified atom stereocenters. The molecule has 0 aromatic carbocycles. The van der Waals surface area contributed by atoms with Gasteiger partial charge in [-0.2, -0.15) is 0 Å². The molecule has 1 N–H and O–H groups in total. The molecule has 0 saturated carbocycles. The zero-order valence-electron chi connectivity index (χ0n) is 7.54. The number of hydrogen-bond acceptors (Lipinski definition) is 5. The number of thioether (sulfide) groups is 1. The van der Waals surface area contributed by atoms with Gasteiger partial charge in [-0.15, -0.1) is 11.3 Å². The van der Waals surface area contributed by atoms with Gasteiger partial charge < -0.3 is 9.52 Å². The molecule has 15 heavy (non-hydrogen) atoms. The van der Waals surface area contributed by atoms with Crippen molar-refractivity contribution in [3.63, 3.8) is 0 Å². The molecule has 4 nitrogen and oxygen atoms in total. The maximum atomic E-state index is 10.7. The molecule has 0 radical (unpaired) electrons. The monoisotopic (exact) mass is 241 g/mol. The zero-order valence-corrected chi connectivity index (χ0v) is 9.18. The molecule has 0 amide bonds. The molecule has 6 heteroatoms. The first-order chi connectivity index (χ1) is 7.27. The van der Waals surface area contributed by atoms with Crippen LogP contribution in [0.1, 0.15) is 16.1 Å². The Morgan fingerprint density at radius 2 is 2.53 bits per heavy atom. The summed E-state index contributed by atoms with van der Waals surface area (Å²) >= 11 is 3.03. The van der Waals surface area contributed by atoms with Crippen LogP contribution in [0.5, 0.6) is 0 Å². The second-order valence-electron chi connectivity index (χ2n) is 2.67. The summed E-state index contributed by atoms with van der Waals surface area (Å²) in [5.74, 6) is -0.458. The van der Waals surface area contributed by atoms with Crippen LogP contribution in [0.25, 0.3) is 0 Å². The van der Waals surface area contributed by atoms with Crippen LogP contribution in [-0.2, 0) is 5.75 Å². The van der Waals surface area contributed by atoms with E-state index in [4.69, 9.17) is 9.52 Å². The quantitative estimate of drug-likeness (QED) is 0.834. The summed E-state index contributed by atoms with van der Waals surface area (Å²) in [6, 6.07) is 1.67. The molecule has 0 atom stereocenters. The third kappa shape index (κ3) is 2.40. The Balaban J connectivity index is 2.05. The van der Waals surface area contributed by atoms with Gasteiger partial charge in [0.15, 0.2) is 0 Å². The van der Waals surface area contributed by atoms with Crippen LogP contribution >= 0.6 is 23.1 Å². The number of aromatic nitrogens is 1. The van der Waals surface area contributed by atoms with Crippen LogP contribution in [-0.4, -0.2) is 16.1 Å². The predicted octanol–water partition coefficient (Wildman–Crippen LogP) is 2.73. The molecule has 2 aromatic rings. The van der Waals surface area contributed by atoms with Gasteiger partial charge in [-0.1, -0.05) is 11.8 Å². The highest BCUT2D eigenvalue weighted by Gasteiger charge is 2.14. The minimum atomic E-state index is -1.03. The van der Waals surface area contributed by atoms with Gasteiger partial charge in [0.2, 0.25) is 5.76 Å². The van der Waals surface area contributed by atoms with Crippen LogP contribution in [0.15, 0.2) is 32.7 Å². The molecule has 0 saturated heterocycles. The molecule has 0 spiro atoms. The van der Waals surface area contributed by atoms with Crippen LogP contribution in [0.3, 0.4) is 0 Å². The minimum absolute atomic E-state index is 0.0130. The second kappa shape index (κ2) is 4.50. The Morgan fingerprint density at radius 1 is 1.67 bits per heavy atom. The SMILES string of the molecule is O=C(O)c1occc1CSc1nccs1. The van der Waals surface area contributed by atoms with Crippen molar-refractivity contribution in [1.29, 1.82) is 0 Å². The highest BCUT2D eigenvalue weighted by atomic mass is 32.2. The lowest BCUT2D eigenvalue weighted by Crippen LogP contribution is -1.97. The van der Waals surface area contributed by atoms with E-state index in [1.54, 1.807) is 12.3 Å². The van der Waals surface area contributed by atoms with Crippen molar-refractivity contribution in [2.75, 3.05) is 0 Å². The van der Waals surface area contributed by atoms with E-state index in [0.717, 1.165) is 4.34 Å². The van der Waals surface area contributed by atoms with Crippen molar-refractivity contribution < 1.29 is 14.3 Å². The summed E-state index contributed by atoms with van der Waals surface area (Å²) < 4.78 is 5.79. The van der Waals surface area contributed by atoms with E-state index in [-0.39, 0.29) is 5.76 Å². The van der Waals surface area contributed by atoms with Crippen LogP contribution in [0.4, 0.5) is 0 Å². The average Bonchev–Trinajstić information content (AvgIpc) is 2.86. The summed E-state index contributed by atoms with van der Waals surface area (Å²) in [5, 5.41) is 10.7. The van der Waals surface area contributed by atoms with Crippen molar-refractivity contribution in [2.45, 2.75) is 10.1 Å². The van der Waals surface area contributed by atoms with Crippen molar-refractivity contribution in [2.24, 2.45) is 0 Å². The molecular formula is C9H7NO3S2. The number of thiazole rings is 1. The minimum Gasteiger partial charge on any atom is -0.475 e. The summed E-state index contributed by atoms with van der Waals surface area (Å²) in [5.41, 5.74) is 0.683. The summed E-state index contributed by atoms with van der Waals surface area (Å²) in [6.45, 7) is 0. The lowest BCUT2D eigenvalue weighted by Gasteiger charge is -1.96. The Morgan fingerprint density at radius 3 is 3.20 bits per heavy atom. The lowest BCUT2D eigenvalue weighted by atomic mass is 10.3. The van der Waals surface area contributed by atoms with E-state index in [1.807, 2.05) is 5.38 Å². The number of rotatable bonds is 4. The van der Waals surface area contributed by atoms with Crippen molar-refractivity contribution in [3.05, 3.63) is 35.2 Å². The van der Waals surface area contributed by atoms with Gasteiger partial charge in [-0.05, 0) is 6.07 Å². The Labute approximate surface area is 94.0 Å². The Hall–Kier alpha value is -1.27. The normalized spacial score (nSPS) is 10.4. The fourth-order valence-electron chi connectivity index (χ4n) is 1.06. The summed E-state index contributed by atoms with van der Waals surface area (Å²) in [6.07, 6.45) is 3.11. The largest absolute Gasteiger partial charge is 0.475 e. The maximum Gasteiger partial charge on any atom is 0.372 e. The molecule has 2 aromatic heterocycles. The molecule has 0 aliphatic heterocycles. The standard InChI is InChI=1S/C9H7NO3S2/c11-8(12)7-6(1-3-13-7)5-15-9-10-2-4-14-9/h1-4H,5H2,(H,11,12). The van der Waals surface area contributed by atoms with Gasteiger partial charge in [0, 0.05) is 22.9 Å². The number of carboxylic acid groups (broad SMARTS) is 1. The topological polar surface area (TPSA) is 63.3 Å². The summed E-state index contributed by atoms with van der Waals surface area (Å²) in [4.78, 5) is 14.8. The molecular weight excluding hydrogens is 234 g/mol. The Kier molecular flexibility index (Phi) is 3.08. The van der Waals surface area contributed by atoms with Crippen LogP contribution < -0.4 is 0 Å². The number of carboxylic acids is 1. The van der Waals surface area contributed by atoms with Gasteiger partial charge >= 0.3 is 5.97 Å². The van der Waals surface area contributed by atoms with Gasteiger partial charge in [0.25, 0.3) is 0 Å². The third-order valence-corrected chi connectivity index (χ3v) is 3.72. The zero-order chi connectivity index (χ0) is 10.7. The fourth-order valence-corrected chi connectivity index (χ4v) is 2.68. The number of nitrogens with zero attached hydrogens (tertiary/aromatic N) is 1. The van der Waals surface area contributed by atoms with Gasteiger partial charge in [0.05, 0.1) is 6.26 Å². The molecule has 78 valence electrons. The first-order valence-corrected chi connectivity index (χ1v) is 5.96. The number of furan rings is 1. The van der Waals surface area contributed by atoms with Crippen LogP contribution in [0, 0.1) is 0 Å². The number of aromatic carboxylic acids is 1. The highest BCUT2D eigenvalue weighted by molar-refractivity contribution is 8.00. The highest BCUT2D eigenvalue weighted by Crippen LogP contribution is 2.26. The van der Waals surface area contributed by atoms with Crippen LogP contribution in [0.2, 0.25) is 0 Å². The lowest BCUT2D eigenvalue weighted by molar-refractivity contribution is 0.0661.